The highest BCUT2D eigenvalue weighted by atomic mass is 16.2. The van der Waals surface area contributed by atoms with Gasteiger partial charge in [-0.25, -0.2) is 0 Å². The molecule has 0 saturated heterocycles. The van der Waals surface area contributed by atoms with Crippen LogP contribution in [0.25, 0.3) is 5.57 Å². The fraction of sp³-hybridized carbons (Fsp3) is 0.318. The van der Waals surface area contributed by atoms with Gasteiger partial charge in [0.05, 0.1) is 0 Å². The van der Waals surface area contributed by atoms with E-state index < -0.39 is 0 Å². The second-order valence-electron chi connectivity index (χ2n) is 7.90. The number of rotatable bonds is 3. The summed E-state index contributed by atoms with van der Waals surface area (Å²) in [6.45, 7) is 6.33. The second kappa shape index (κ2) is 7.35. The molecule has 0 spiro atoms. The van der Waals surface area contributed by atoms with E-state index in [-0.39, 0.29) is 28.4 Å². The van der Waals surface area contributed by atoms with Crippen LogP contribution >= 0.6 is 0 Å². The van der Waals surface area contributed by atoms with Gasteiger partial charge in [-0.2, -0.15) is 0 Å². The predicted octanol–water partition coefficient (Wildman–Crippen LogP) is 4.06. The van der Waals surface area contributed by atoms with Crippen LogP contribution in [0.1, 0.15) is 61.5 Å². The summed E-state index contributed by atoms with van der Waals surface area (Å²) in [6, 6.07) is 9.00. The third-order valence-corrected chi connectivity index (χ3v) is 4.74. The van der Waals surface area contributed by atoms with Crippen molar-refractivity contribution in [1.82, 2.24) is 4.98 Å². The average Bonchev–Trinajstić information content (AvgIpc) is 2.63. The average molecular weight is 364 g/mol. The molecule has 140 valence electrons. The Hall–Kier alpha value is -2.95. The van der Waals surface area contributed by atoms with Gasteiger partial charge >= 0.3 is 0 Å². The van der Waals surface area contributed by atoms with E-state index >= 15 is 0 Å². The number of pyridine rings is 1. The molecule has 0 fully saturated rings. The number of allylic oxidation sites excluding steroid dienone is 2. The largest absolute Gasteiger partial charge is 0.327 e. The molecule has 1 aromatic carbocycles. The monoisotopic (exact) mass is 364 g/mol. The number of ketones is 1. The number of benzene rings is 1. The Balaban J connectivity index is 1.83. The molecule has 0 aliphatic heterocycles. The lowest BCUT2D eigenvalue weighted by Crippen LogP contribution is -2.20. The predicted molar refractivity (Wildman–Crippen MR) is 107 cm³/mol. The Morgan fingerprint density at radius 3 is 2.41 bits per heavy atom. The maximum Gasteiger partial charge on any atom is 0.271 e. The zero-order valence-electron chi connectivity index (χ0n) is 15.9. The van der Waals surface area contributed by atoms with Gasteiger partial charge in [-0.3, -0.25) is 14.4 Å². The first-order chi connectivity index (χ1) is 12.7. The Morgan fingerprint density at radius 2 is 1.78 bits per heavy atom. The van der Waals surface area contributed by atoms with Gasteiger partial charge in [-0.05, 0) is 59.2 Å². The summed E-state index contributed by atoms with van der Waals surface area (Å²) in [7, 11) is 0. The quantitative estimate of drug-likeness (QED) is 0.862. The van der Waals surface area contributed by atoms with Gasteiger partial charge < -0.3 is 10.3 Å². The number of nitrogens with one attached hydrogen (secondary N) is 2. The molecule has 1 heterocycles. The molecule has 5 heteroatoms. The molecule has 1 aromatic heterocycles. The van der Waals surface area contributed by atoms with Gasteiger partial charge in [-0.1, -0.05) is 32.9 Å². The zero-order chi connectivity index (χ0) is 19.6. The molecule has 2 N–H and O–H groups in total. The topological polar surface area (TPSA) is 79.0 Å². The minimum atomic E-state index is -0.374. The number of H-pyrrole nitrogens is 1. The number of carbonyl (C=O) groups excluding carboxylic acids is 2. The first kappa shape index (κ1) is 18.8. The summed E-state index contributed by atoms with van der Waals surface area (Å²) in [6.07, 6.45) is 5.33. The van der Waals surface area contributed by atoms with Crippen molar-refractivity contribution >= 4 is 23.0 Å². The Kier molecular flexibility index (Phi) is 5.13. The van der Waals surface area contributed by atoms with E-state index in [9.17, 15) is 14.4 Å². The molecular formula is C22H24N2O3. The van der Waals surface area contributed by atoms with E-state index in [1.54, 1.807) is 30.5 Å². The number of aromatic nitrogens is 1. The van der Waals surface area contributed by atoms with Crippen molar-refractivity contribution in [2.24, 2.45) is 0 Å². The lowest BCUT2D eigenvalue weighted by molar-refractivity contribution is -0.114. The Labute approximate surface area is 158 Å². The van der Waals surface area contributed by atoms with Crippen molar-refractivity contribution in [1.29, 1.82) is 0 Å². The third kappa shape index (κ3) is 4.42. The maximum atomic E-state index is 12.5. The van der Waals surface area contributed by atoms with Crippen molar-refractivity contribution in [2.75, 3.05) is 5.32 Å². The van der Waals surface area contributed by atoms with Crippen LogP contribution in [0, 0.1) is 0 Å². The summed E-state index contributed by atoms with van der Waals surface area (Å²) in [5, 5.41) is 2.68. The molecule has 0 unspecified atom stereocenters. The van der Waals surface area contributed by atoms with E-state index in [0.717, 1.165) is 29.5 Å². The summed E-state index contributed by atoms with van der Waals surface area (Å²) in [5.74, 6) is -0.251. The molecule has 27 heavy (non-hydrogen) atoms. The van der Waals surface area contributed by atoms with Crippen LogP contribution in [-0.4, -0.2) is 16.7 Å². The minimum Gasteiger partial charge on any atom is -0.327 e. The van der Waals surface area contributed by atoms with Gasteiger partial charge in [0.2, 0.25) is 0 Å². The van der Waals surface area contributed by atoms with Crippen LogP contribution < -0.4 is 10.9 Å². The number of amides is 1. The molecule has 5 nitrogen and oxygen atoms in total. The molecule has 0 radical (unpaired) electrons. The maximum absolute atomic E-state index is 12.5. The number of aromatic amines is 1. The van der Waals surface area contributed by atoms with E-state index in [1.807, 2.05) is 12.1 Å². The van der Waals surface area contributed by atoms with E-state index in [4.69, 9.17) is 0 Å². The molecule has 1 aliphatic carbocycles. The van der Waals surface area contributed by atoms with Crippen LogP contribution in [0.15, 0.2) is 47.4 Å². The fourth-order valence-electron chi connectivity index (χ4n) is 3.10. The number of hydrogen-bond donors (Lipinski definition) is 2. The standard InChI is InChI=1S/C22H24N2O3/c1-22(2,3)17-9-7-14(8-10-17)20(26)24-19-12-16(13-23-21(19)27)15-5-4-6-18(25)11-15/h7-13H,4-6H2,1-3H3,(H,23,27)(H,24,26). The van der Waals surface area contributed by atoms with Gasteiger partial charge in [0.15, 0.2) is 5.78 Å². The van der Waals surface area contributed by atoms with Crippen LogP contribution in [0.4, 0.5) is 5.69 Å². The summed E-state index contributed by atoms with van der Waals surface area (Å²) < 4.78 is 0. The lowest BCUT2D eigenvalue weighted by atomic mass is 9.87. The van der Waals surface area contributed by atoms with Crippen LogP contribution in [0.3, 0.4) is 0 Å². The molecule has 1 amide bonds. The molecular weight excluding hydrogens is 340 g/mol. The Bertz CT molecular complexity index is 960. The number of anilines is 1. The van der Waals surface area contributed by atoms with Gasteiger partial charge in [0.25, 0.3) is 11.5 Å². The van der Waals surface area contributed by atoms with Crippen LogP contribution in [-0.2, 0) is 10.2 Å². The molecule has 0 saturated carbocycles. The molecule has 2 aromatic rings. The minimum absolute atomic E-state index is 0.00560. The van der Waals surface area contributed by atoms with Crippen molar-refractivity contribution < 1.29 is 9.59 Å². The number of carbonyl (C=O) groups is 2. The highest BCUT2D eigenvalue weighted by Crippen LogP contribution is 2.26. The van der Waals surface area contributed by atoms with Crippen molar-refractivity contribution in [3.05, 3.63) is 69.6 Å². The Morgan fingerprint density at radius 1 is 1.07 bits per heavy atom. The summed E-state index contributed by atoms with van der Waals surface area (Å²) in [5.41, 5.74) is 3.06. The summed E-state index contributed by atoms with van der Waals surface area (Å²) >= 11 is 0. The van der Waals surface area contributed by atoms with Crippen LogP contribution in [0.5, 0.6) is 0 Å². The smallest absolute Gasteiger partial charge is 0.271 e. The molecule has 0 bridgehead atoms. The van der Waals surface area contributed by atoms with E-state index in [1.165, 1.54) is 0 Å². The van der Waals surface area contributed by atoms with Crippen molar-refractivity contribution in [3.63, 3.8) is 0 Å². The zero-order valence-corrected chi connectivity index (χ0v) is 15.9. The van der Waals surface area contributed by atoms with E-state index in [0.29, 0.717) is 12.0 Å². The normalized spacial score (nSPS) is 14.6. The first-order valence-electron chi connectivity index (χ1n) is 9.12. The number of hydrogen-bond acceptors (Lipinski definition) is 3. The summed E-state index contributed by atoms with van der Waals surface area (Å²) in [4.78, 5) is 38.9. The fourth-order valence-corrected chi connectivity index (χ4v) is 3.10. The van der Waals surface area contributed by atoms with Crippen molar-refractivity contribution in [2.45, 2.75) is 45.4 Å². The van der Waals surface area contributed by atoms with Crippen LogP contribution in [0.2, 0.25) is 0 Å². The lowest BCUT2D eigenvalue weighted by Gasteiger charge is -2.19. The van der Waals surface area contributed by atoms with Gasteiger partial charge in [0, 0.05) is 18.2 Å². The highest BCUT2D eigenvalue weighted by molar-refractivity contribution is 6.04. The first-order valence-corrected chi connectivity index (χ1v) is 9.12. The van der Waals surface area contributed by atoms with Crippen molar-refractivity contribution in [3.8, 4) is 0 Å². The molecule has 1 aliphatic rings. The molecule has 3 rings (SSSR count). The highest BCUT2D eigenvalue weighted by Gasteiger charge is 2.16. The van der Waals surface area contributed by atoms with Gasteiger partial charge in [-0.15, -0.1) is 0 Å². The third-order valence-electron chi connectivity index (χ3n) is 4.74. The van der Waals surface area contributed by atoms with Gasteiger partial charge in [0.1, 0.15) is 5.69 Å². The van der Waals surface area contributed by atoms with E-state index in [2.05, 4.69) is 31.1 Å². The second-order valence-corrected chi connectivity index (χ2v) is 7.90. The SMILES string of the molecule is CC(C)(C)c1ccc(C(=O)Nc2cc(C3=CC(=O)CCC3)c[nH]c2=O)cc1. The molecule has 0 atom stereocenters.